The molecule has 6 atom stereocenters. The first-order valence-electron chi connectivity index (χ1n) is 17.9. The van der Waals surface area contributed by atoms with E-state index < -0.39 is 53.6 Å². The van der Waals surface area contributed by atoms with E-state index in [0.29, 0.717) is 62.4 Å². The Labute approximate surface area is 293 Å². The van der Waals surface area contributed by atoms with E-state index in [2.05, 4.69) is 16.0 Å². The fourth-order valence-electron chi connectivity index (χ4n) is 6.87. The van der Waals surface area contributed by atoms with Crippen LogP contribution in [0.4, 0.5) is 0 Å². The maximum Gasteiger partial charge on any atom is 0.302 e. The van der Waals surface area contributed by atoms with Crippen LogP contribution in [-0.4, -0.2) is 87.6 Å². The zero-order valence-corrected chi connectivity index (χ0v) is 29.8. The number of hydrogen-bond acceptors (Lipinski definition) is 8. The molecule has 0 aliphatic carbocycles. The van der Waals surface area contributed by atoms with Gasteiger partial charge in [0.15, 0.2) is 11.8 Å². The monoisotopic (exact) mass is 693 g/mol. The fraction of sp³-hybridized carbons (Fsp3) is 0.595. The smallest absolute Gasteiger partial charge is 0.302 e. The number of carbonyl (C=O) groups excluding carboxylic acids is 7. The number of Topliss-reactive ketones (excluding diaryl/α,β-unsaturated/α-hetero) is 1. The summed E-state index contributed by atoms with van der Waals surface area (Å²) in [7, 11) is 0. The summed E-state index contributed by atoms with van der Waals surface area (Å²) in [6, 6.07) is 2.08. The highest BCUT2D eigenvalue weighted by atomic mass is 16.5. The fourth-order valence-corrected chi connectivity index (χ4v) is 6.87. The Morgan fingerprint density at radius 3 is 2.32 bits per heavy atom. The lowest BCUT2D eigenvalue weighted by Gasteiger charge is -2.39. The van der Waals surface area contributed by atoms with E-state index in [0.717, 1.165) is 12.8 Å². The summed E-state index contributed by atoms with van der Waals surface area (Å²) in [6.07, 6.45) is 6.98. The largest absolute Gasteiger partial charge is 0.463 e. The average molecular weight is 694 g/mol. The van der Waals surface area contributed by atoms with Crippen LogP contribution < -0.4 is 16.0 Å². The highest BCUT2D eigenvalue weighted by Gasteiger charge is 2.42. The Morgan fingerprint density at radius 2 is 1.64 bits per heavy atom. The number of rotatable bonds is 12. The maximum absolute atomic E-state index is 14.3. The second-order valence-electron chi connectivity index (χ2n) is 13.5. The second kappa shape index (κ2) is 17.4. The molecule has 1 aromatic carbocycles. The van der Waals surface area contributed by atoms with Crippen LogP contribution in [0.1, 0.15) is 114 Å². The van der Waals surface area contributed by atoms with Crippen molar-refractivity contribution >= 4 is 52.2 Å². The number of benzene rings is 1. The molecule has 50 heavy (non-hydrogen) atoms. The van der Waals surface area contributed by atoms with Gasteiger partial charge in [0.25, 0.3) is 5.91 Å². The van der Waals surface area contributed by atoms with Gasteiger partial charge < -0.3 is 25.6 Å². The molecule has 3 heterocycles. The molecule has 0 bridgehead atoms. The summed E-state index contributed by atoms with van der Waals surface area (Å²) in [5.41, 5.74) is 0.529. The topological polar surface area (TPSA) is 173 Å². The number of esters is 1. The first-order valence-corrected chi connectivity index (χ1v) is 17.9. The van der Waals surface area contributed by atoms with Crippen LogP contribution in [0.5, 0.6) is 0 Å². The van der Waals surface area contributed by atoms with Crippen LogP contribution in [-0.2, 0) is 28.7 Å². The molecule has 2 aromatic rings. The highest BCUT2D eigenvalue weighted by molar-refractivity contribution is 6.21. The molecule has 0 saturated carbocycles. The molecule has 1 aromatic heterocycles. The number of aromatic nitrogens is 1. The Bertz CT molecular complexity index is 1600. The van der Waals surface area contributed by atoms with Crippen LogP contribution in [0.3, 0.4) is 0 Å². The summed E-state index contributed by atoms with van der Waals surface area (Å²) >= 11 is 0. The van der Waals surface area contributed by atoms with Gasteiger partial charge in [-0.1, -0.05) is 58.2 Å². The molecule has 272 valence electrons. The van der Waals surface area contributed by atoms with Gasteiger partial charge in [0.2, 0.25) is 23.6 Å². The summed E-state index contributed by atoms with van der Waals surface area (Å²) < 4.78 is 6.65. The molecule has 0 spiro atoms. The summed E-state index contributed by atoms with van der Waals surface area (Å²) in [6.45, 7) is 8.69. The number of amides is 4. The lowest BCUT2D eigenvalue weighted by molar-refractivity contribution is -0.147. The SMILES string of the molecule is CCC(CCCCC[C@@H]1NC(=O)[C@H]2CCCCN2C(=O)[C@H](C(C)CC)NC(=O)[C@@H](C(=O)c2cn(C(C)=O)c3ccccc23)NC1=O)OC(C)=O. The maximum atomic E-state index is 14.3. The van der Waals surface area contributed by atoms with E-state index >= 15 is 0 Å². The van der Waals surface area contributed by atoms with Gasteiger partial charge in [-0.05, 0) is 56.9 Å². The predicted molar refractivity (Wildman–Crippen MR) is 186 cm³/mol. The zero-order valence-electron chi connectivity index (χ0n) is 29.8. The molecule has 2 aliphatic rings. The third-order valence-corrected chi connectivity index (χ3v) is 9.93. The lowest BCUT2D eigenvalue weighted by atomic mass is 9.93. The minimum absolute atomic E-state index is 0.0599. The molecule has 4 rings (SSSR count). The van der Waals surface area contributed by atoms with Gasteiger partial charge in [0, 0.05) is 37.5 Å². The number of fused-ring (bicyclic) bond motifs is 2. The van der Waals surface area contributed by atoms with Gasteiger partial charge in [-0.15, -0.1) is 0 Å². The number of carbonyl (C=O) groups is 7. The van der Waals surface area contributed by atoms with E-state index in [1.807, 2.05) is 20.8 Å². The van der Waals surface area contributed by atoms with Crippen LogP contribution in [0.15, 0.2) is 30.5 Å². The van der Waals surface area contributed by atoms with Crippen molar-refractivity contribution in [3.05, 3.63) is 36.0 Å². The third kappa shape index (κ3) is 8.97. The van der Waals surface area contributed by atoms with Gasteiger partial charge in [-0.3, -0.25) is 38.1 Å². The summed E-state index contributed by atoms with van der Waals surface area (Å²) in [4.78, 5) is 95.8. The van der Waals surface area contributed by atoms with Crippen LogP contribution in [0.2, 0.25) is 0 Å². The third-order valence-electron chi connectivity index (χ3n) is 9.93. The standard InChI is InChI=1S/C37H51N5O8/c1-6-22(3)31-37(49)41-20-14-13-19-30(41)35(47)38-28(17-10-8-9-15-25(7-2)50-24(5)44)34(46)40-32(36(48)39-31)33(45)27-21-42(23(4)43)29-18-12-11-16-26(27)29/h11-12,16,18,21-22,25,28,30-32H,6-10,13-15,17,19-20H2,1-5H3,(H,38,47)(H,39,48)(H,40,46)/t22?,25?,28-,30+,31-,32+/m0/s1. The molecule has 0 radical (unpaired) electrons. The molecule has 2 saturated heterocycles. The number of ketones is 1. The van der Waals surface area contributed by atoms with Crippen LogP contribution in [0.25, 0.3) is 10.9 Å². The number of ether oxygens (including phenoxy) is 1. The van der Waals surface area contributed by atoms with E-state index in [4.69, 9.17) is 4.74 Å². The highest BCUT2D eigenvalue weighted by Crippen LogP contribution is 2.25. The van der Waals surface area contributed by atoms with Crippen molar-refractivity contribution in [2.75, 3.05) is 6.54 Å². The van der Waals surface area contributed by atoms with E-state index in [1.165, 1.54) is 29.5 Å². The van der Waals surface area contributed by atoms with Crippen molar-refractivity contribution in [1.82, 2.24) is 25.4 Å². The van der Waals surface area contributed by atoms with Crippen molar-refractivity contribution in [2.45, 2.75) is 129 Å². The molecular formula is C37H51N5O8. The van der Waals surface area contributed by atoms with Gasteiger partial charge in [0.05, 0.1) is 5.52 Å². The molecule has 13 nitrogen and oxygen atoms in total. The molecule has 4 amide bonds. The number of piperidine rings is 1. The van der Waals surface area contributed by atoms with Gasteiger partial charge in [0.1, 0.15) is 24.2 Å². The van der Waals surface area contributed by atoms with Crippen molar-refractivity contribution in [2.24, 2.45) is 5.92 Å². The Kier molecular flexibility index (Phi) is 13.3. The van der Waals surface area contributed by atoms with Crippen molar-refractivity contribution < 1.29 is 38.3 Å². The van der Waals surface area contributed by atoms with Crippen LogP contribution >= 0.6 is 0 Å². The molecule has 2 aliphatic heterocycles. The number of hydrogen-bond donors (Lipinski definition) is 3. The van der Waals surface area contributed by atoms with E-state index in [9.17, 15) is 33.6 Å². The number of nitrogens with zero attached hydrogens (tertiary/aromatic N) is 2. The quantitative estimate of drug-likeness (QED) is 0.131. The Balaban J connectivity index is 1.68. The Morgan fingerprint density at radius 1 is 0.900 bits per heavy atom. The molecule has 3 N–H and O–H groups in total. The minimum atomic E-state index is -1.75. The second-order valence-corrected chi connectivity index (χ2v) is 13.5. The van der Waals surface area contributed by atoms with Crippen LogP contribution in [0, 0.1) is 5.92 Å². The van der Waals surface area contributed by atoms with Gasteiger partial charge in [-0.25, -0.2) is 0 Å². The normalized spacial score (nSPS) is 23.0. The van der Waals surface area contributed by atoms with Crippen molar-refractivity contribution in [3.63, 3.8) is 0 Å². The summed E-state index contributed by atoms with van der Waals surface area (Å²) in [5.74, 6) is -4.20. The van der Waals surface area contributed by atoms with Crippen molar-refractivity contribution in [1.29, 1.82) is 0 Å². The number of nitrogens with one attached hydrogen (secondary N) is 3. The zero-order chi connectivity index (χ0) is 36.5. The Hall–Kier alpha value is -4.55. The van der Waals surface area contributed by atoms with E-state index in [1.54, 1.807) is 24.3 Å². The summed E-state index contributed by atoms with van der Waals surface area (Å²) in [5, 5.41) is 8.68. The molecule has 2 unspecified atom stereocenters. The lowest BCUT2D eigenvalue weighted by Crippen LogP contribution is -2.65. The molecule has 13 heteroatoms. The average Bonchev–Trinajstić information content (AvgIpc) is 3.50. The van der Waals surface area contributed by atoms with Gasteiger partial charge in [-0.2, -0.15) is 0 Å². The first-order chi connectivity index (χ1) is 23.9. The molecule has 2 fully saturated rings. The van der Waals surface area contributed by atoms with E-state index in [-0.39, 0.29) is 35.9 Å². The van der Waals surface area contributed by atoms with Gasteiger partial charge >= 0.3 is 5.97 Å². The predicted octanol–water partition coefficient (Wildman–Crippen LogP) is 3.67. The number of unbranched alkanes of at least 4 members (excludes halogenated alkanes) is 2. The van der Waals surface area contributed by atoms with Crippen molar-refractivity contribution in [3.8, 4) is 0 Å². The number of para-hydroxylation sites is 1. The minimum Gasteiger partial charge on any atom is -0.463 e. The first kappa shape index (κ1) is 38.3. The molecular weight excluding hydrogens is 642 g/mol.